The molecule has 1 fully saturated rings. The van der Waals surface area contributed by atoms with E-state index in [9.17, 15) is 0 Å². The van der Waals surface area contributed by atoms with Crippen LogP contribution in [0, 0.1) is 5.41 Å². The molecular weight excluding hydrogens is 174 g/mol. The van der Waals surface area contributed by atoms with Gasteiger partial charge in [-0.2, -0.15) is 0 Å². The summed E-state index contributed by atoms with van der Waals surface area (Å²) in [4.78, 5) is 2.47. The van der Waals surface area contributed by atoms with Crippen molar-refractivity contribution in [1.82, 2.24) is 15.5 Å². The van der Waals surface area contributed by atoms with Crippen molar-refractivity contribution in [3.8, 4) is 0 Å². The number of hydrogen-bond acceptors (Lipinski definition) is 3. The molecule has 14 heavy (non-hydrogen) atoms. The van der Waals surface area contributed by atoms with E-state index in [1.165, 1.54) is 19.5 Å². The Hall–Kier alpha value is -0.120. The normalized spacial score (nSPS) is 19.9. The maximum absolute atomic E-state index is 3.54. The smallest absolute Gasteiger partial charge is 0.0481 e. The molecule has 0 atom stereocenters. The van der Waals surface area contributed by atoms with Crippen molar-refractivity contribution in [2.75, 3.05) is 39.4 Å². The van der Waals surface area contributed by atoms with E-state index in [1.807, 2.05) is 0 Å². The minimum atomic E-state index is 0.439. The molecule has 0 unspecified atom stereocenters. The Bertz CT molecular complexity index is 151. The quantitative estimate of drug-likeness (QED) is 0.688. The van der Waals surface area contributed by atoms with Gasteiger partial charge in [0.1, 0.15) is 0 Å². The van der Waals surface area contributed by atoms with Crippen LogP contribution in [0.15, 0.2) is 0 Å². The van der Waals surface area contributed by atoms with Crippen LogP contribution in [0.5, 0.6) is 0 Å². The number of rotatable bonds is 5. The molecule has 3 nitrogen and oxygen atoms in total. The molecule has 1 rings (SSSR count). The Morgan fingerprint density at radius 3 is 2.50 bits per heavy atom. The lowest BCUT2D eigenvalue weighted by atomic mass is 9.90. The van der Waals surface area contributed by atoms with Gasteiger partial charge in [0.15, 0.2) is 0 Å². The van der Waals surface area contributed by atoms with Crippen LogP contribution in [0.3, 0.4) is 0 Å². The third-order valence-electron chi connectivity index (χ3n) is 3.11. The fourth-order valence-corrected chi connectivity index (χ4v) is 1.55. The van der Waals surface area contributed by atoms with Crippen molar-refractivity contribution in [3.63, 3.8) is 0 Å². The van der Waals surface area contributed by atoms with Crippen LogP contribution in [-0.4, -0.2) is 44.3 Å². The van der Waals surface area contributed by atoms with Crippen molar-refractivity contribution in [2.24, 2.45) is 5.41 Å². The van der Waals surface area contributed by atoms with Crippen molar-refractivity contribution >= 4 is 0 Å². The van der Waals surface area contributed by atoms with Crippen molar-refractivity contribution < 1.29 is 0 Å². The van der Waals surface area contributed by atoms with Gasteiger partial charge in [0.2, 0.25) is 0 Å². The van der Waals surface area contributed by atoms with E-state index in [4.69, 9.17) is 0 Å². The SMILES string of the molecule is CCC(C)(C)CNCN1CCNCC1. The van der Waals surface area contributed by atoms with E-state index in [1.54, 1.807) is 0 Å². The second-order valence-electron chi connectivity index (χ2n) is 4.97. The molecule has 0 aromatic rings. The van der Waals surface area contributed by atoms with Gasteiger partial charge < -0.3 is 10.6 Å². The Balaban J connectivity index is 2.08. The second-order valence-corrected chi connectivity index (χ2v) is 4.97. The van der Waals surface area contributed by atoms with E-state index in [0.29, 0.717) is 5.41 Å². The fourth-order valence-electron chi connectivity index (χ4n) is 1.55. The minimum Gasteiger partial charge on any atom is -0.314 e. The molecule has 0 bridgehead atoms. The summed E-state index contributed by atoms with van der Waals surface area (Å²) >= 11 is 0. The molecule has 2 N–H and O–H groups in total. The number of hydrogen-bond donors (Lipinski definition) is 2. The molecule has 1 aliphatic rings. The standard InChI is InChI=1S/C11H25N3/c1-4-11(2,3)9-13-10-14-7-5-12-6-8-14/h12-13H,4-10H2,1-3H3. The van der Waals surface area contributed by atoms with Crippen molar-refractivity contribution in [2.45, 2.75) is 27.2 Å². The summed E-state index contributed by atoms with van der Waals surface area (Å²) in [5, 5.41) is 6.91. The molecule has 0 aromatic heterocycles. The summed E-state index contributed by atoms with van der Waals surface area (Å²) < 4.78 is 0. The van der Waals surface area contributed by atoms with Crippen LogP contribution < -0.4 is 10.6 Å². The third kappa shape index (κ3) is 4.40. The first kappa shape index (κ1) is 12.0. The number of nitrogens with one attached hydrogen (secondary N) is 2. The van der Waals surface area contributed by atoms with Crippen molar-refractivity contribution in [3.05, 3.63) is 0 Å². The first-order chi connectivity index (χ1) is 6.64. The maximum Gasteiger partial charge on any atom is 0.0481 e. The first-order valence-electron chi connectivity index (χ1n) is 5.78. The number of nitrogens with zero attached hydrogens (tertiary/aromatic N) is 1. The summed E-state index contributed by atoms with van der Waals surface area (Å²) in [5.74, 6) is 0. The Kier molecular flexibility index (Phi) is 4.85. The lowest BCUT2D eigenvalue weighted by Gasteiger charge is -2.30. The molecule has 0 saturated carbocycles. The zero-order chi connectivity index (χ0) is 10.4. The maximum atomic E-state index is 3.54. The molecule has 1 saturated heterocycles. The third-order valence-corrected chi connectivity index (χ3v) is 3.11. The van der Waals surface area contributed by atoms with Gasteiger partial charge in [-0.1, -0.05) is 20.8 Å². The van der Waals surface area contributed by atoms with E-state index in [2.05, 4.69) is 36.3 Å². The second kappa shape index (κ2) is 5.69. The molecule has 1 heterocycles. The summed E-state index contributed by atoms with van der Waals surface area (Å²) in [6.07, 6.45) is 1.24. The largest absolute Gasteiger partial charge is 0.314 e. The highest BCUT2D eigenvalue weighted by molar-refractivity contribution is 4.71. The predicted molar refractivity (Wildman–Crippen MR) is 61.4 cm³/mol. The van der Waals surface area contributed by atoms with Gasteiger partial charge in [0.25, 0.3) is 0 Å². The summed E-state index contributed by atoms with van der Waals surface area (Å²) in [5.41, 5.74) is 0.439. The van der Waals surface area contributed by atoms with Crippen LogP contribution in [0.1, 0.15) is 27.2 Å². The molecule has 0 aromatic carbocycles. The Morgan fingerprint density at radius 2 is 1.93 bits per heavy atom. The van der Waals surface area contributed by atoms with Crippen molar-refractivity contribution in [1.29, 1.82) is 0 Å². The van der Waals surface area contributed by atoms with Crippen LogP contribution in [0.2, 0.25) is 0 Å². The molecule has 1 aliphatic heterocycles. The highest BCUT2D eigenvalue weighted by atomic mass is 15.3. The van der Waals surface area contributed by atoms with Gasteiger partial charge in [-0.15, -0.1) is 0 Å². The molecule has 0 spiro atoms. The highest BCUT2D eigenvalue weighted by Crippen LogP contribution is 2.17. The molecule has 0 radical (unpaired) electrons. The zero-order valence-corrected chi connectivity index (χ0v) is 9.90. The first-order valence-corrected chi connectivity index (χ1v) is 5.78. The van der Waals surface area contributed by atoms with Crippen LogP contribution in [-0.2, 0) is 0 Å². The summed E-state index contributed by atoms with van der Waals surface area (Å²) in [7, 11) is 0. The van der Waals surface area contributed by atoms with Crippen LogP contribution in [0.4, 0.5) is 0 Å². The van der Waals surface area contributed by atoms with Gasteiger partial charge in [-0.3, -0.25) is 4.90 Å². The summed E-state index contributed by atoms with van der Waals surface area (Å²) in [6.45, 7) is 13.7. The topological polar surface area (TPSA) is 27.3 Å². The minimum absolute atomic E-state index is 0.439. The molecular formula is C11H25N3. The molecule has 0 aliphatic carbocycles. The number of piperazine rings is 1. The van der Waals surface area contributed by atoms with Gasteiger partial charge in [0.05, 0.1) is 0 Å². The van der Waals surface area contributed by atoms with Gasteiger partial charge in [-0.25, -0.2) is 0 Å². The predicted octanol–water partition coefficient (Wildman–Crippen LogP) is 0.875. The zero-order valence-electron chi connectivity index (χ0n) is 9.90. The monoisotopic (exact) mass is 199 g/mol. The molecule has 0 amide bonds. The van der Waals surface area contributed by atoms with E-state index in [-0.39, 0.29) is 0 Å². The molecule has 84 valence electrons. The summed E-state index contributed by atoms with van der Waals surface area (Å²) in [6, 6.07) is 0. The highest BCUT2D eigenvalue weighted by Gasteiger charge is 2.15. The van der Waals surface area contributed by atoms with Crippen LogP contribution in [0.25, 0.3) is 0 Å². The average molecular weight is 199 g/mol. The average Bonchev–Trinajstić information content (AvgIpc) is 2.19. The van der Waals surface area contributed by atoms with E-state index in [0.717, 1.165) is 26.3 Å². The lowest BCUT2D eigenvalue weighted by molar-refractivity contribution is 0.206. The Morgan fingerprint density at radius 1 is 1.29 bits per heavy atom. The Labute approximate surface area is 88.2 Å². The van der Waals surface area contributed by atoms with Gasteiger partial charge >= 0.3 is 0 Å². The van der Waals surface area contributed by atoms with Crippen LogP contribution >= 0.6 is 0 Å². The van der Waals surface area contributed by atoms with E-state index < -0.39 is 0 Å². The lowest BCUT2D eigenvalue weighted by Crippen LogP contribution is -2.48. The van der Waals surface area contributed by atoms with E-state index >= 15 is 0 Å². The fraction of sp³-hybridized carbons (Fsp3) is 1.00. The van der Waals surface area contributed by atoms with Gasteiger partial charge in [-0.05, 0) is 11.8 Å². The molecule has 3 heteroatoms. The van der Waals surface area contributed by atoms with Gasteiger partial charge in [0, 0.05) is 39.4 Å².